The number of benzene rings is 3. The Kier molecular flexibility index (Phi) is 7.51. The van der Waals surface area contributed by atoms with Gasteiger partial charge in [0.1, 0.15) is 11.6 Å². The number of carbonyl (C=O) groups excluding carboxylic acids is 1. The number of piperidine rings is 1. The van der Waals surface area contributed by atoms with E-state index in [-0.39, 0.29) is 34.9 Å². The Morgan fingerprint density at radius 2 is 1.46 bits per heavy atom. The number of likely N-dealkylation sites (tertiary alicyclic amines) is 1. The van der Waals surface area contributed by atoms with E-state index in [0.717, 1.165) is 55.5 Å². The molecule has 3 aromatic rings. The van der Waals surface area contributed by atoms with Gasteiger partial charge in [0.2, 0.25) is 0 Å². The Labute approximate surface area is 215 Å². The number of nitrogens with zero attached hydrogens (tertiary/aromatic N) is 1. The van der Waals surface area contributed by atoms with Gasteiger partial charge in [-0.25, -0.2) is 18.0 Å². The summed E-state index contributed by atoms with van der Waals surface area (Å²) in [5, 5.41) is 0. The molecule has 0 radical (unpaired) electrons. The first-order valence-corrected chi connectivity index (χ1v) is 12.7. The number of carbonyl (C=O) groups is 1. The second kappa shape index (κ2) is 11.0. The van der Waals surface area contributed by atoms with Crippen molar-refractivity contribution in [3.63, 3.8) is 0 Å². The van der Waals surface area contributed by atoms with E-state index in [9.17, 15) is 13.6 Å². The van der Waals surface area contributed by atoms with Crippen LogP contribution in [0.2, 0.25) is 0 Å². The molecule has 37 heavy (non-hydrogen) atoms. The zero-order valence-corrected chi connectivity index (χ0v) is 20.8. The van der Waals surface area contributed by atoms with Crippen molar-refractivity contribution >= 4 is 5.97 Å². The zero-order valence-electron chi connectivity index (χ0n) is 20.8. The van der Waals surface area contributed by atoms with Gasteiger partial charge in [-0.3, -0.25) is 4.90 Å². The summed E-state index contributed by atoms with van der Waals surface area (Å²) in [5.41, 5.74) is 2.71. The molecule has 3 aromatic carbocycles. The maximum Gasteiger partial charge on any atom is 0.341 e. The summed E-state index contributed by atoms with van der Waals surface area (Å²) in [5.74, 6) is -1.33. The van der Waals surface area contributed by atoms with E-state index in [1.54, 1.807) is 36.4 Å². The van der Waals surface area contributed by atoms with Gasteiger partial charge < -0.3 is 9.47 Å². The highest BCUT2D eigenvalue weighted by atomic mass is 19.1. The lowest BCUT2D eigenvalue weighted by Crippen LogP contribution is -2.38. The van der Waals surface area contributed by atoms with Crippen LogP contribution in [0.1, 0.15) is 64.7 Å². The summed E-state index contributed by atoms with van der Waals surface area (Å²) in [4.78, 5) is 14.4. The van der Waals surface area contributed by atoms with Crippen molar-refractivity contribution in [1.29, 1.82) is 0 Å². The first kappa shape index (κ1) is 25.3. The summed E-state index contributed by atoms with van der Waals surface area (Å²) in [7, 11) is 1.24. The minimum atomic E-state index is -0.703. The highest BCUT2D eigenvalue weighted by molar-refractivity contribution is 5.90. The molecule has 1 aliphatic carbocycles. The molecule has 194 valence electrons. The largest absolute Gasteiger partial charge is 0.490 e. The fourth-order valence-electron chi connectivity index (χ4n) is 5.12. The number of ether oxygens (including phenoxy) is 2. The van der Waals surface area contributed by atoms with Crippen LogP contribution in [0.15, 0.2) is 60.7 Å². The molecular formula is C30H30F3NO3. The van der Waals surface area contributed by atoms with Crippen molar-refractivity contribution in [2.24, 2.45) is 5.92 Å². The Balaban J connectivity index is 1.27. The van der Waals surface area contributed by atoms with Crippen molar-refractivity contribution in [3.8, 4) is 5.75 Å². The van der Waals surface area contributed by atoms with Gasteiger partial charge in [-0.2, -0.15) is 0 Å². The lowest BCUT2D eigenvalue weighted by Gasteiger charge is -2.38. The standard InChI is InChI=1S/C30H30F3NO3/c1-36-30(35)26-16-23(20-2-3-20)17-27(28(26)33)37-18-19-12-14-34(15-13-19)29(21-4-8-24(31)9-5-21)22-6-10-25(32)11-7-22/h4-11,16-17,19-20,29H,2-3,12-15,18H2,1H3. The molecule has 0 unspecified atom stereocenters. The van der Waals surface area contributed by atoms with Crippen LogP contribution in [0.25, 0.3) is 0 Å². The number of esters is 1. The molecule has 0 atom stereocenters. The molecule has 0 amide bonds. The predicted molar refractivity (Wildman–Crippen MR) is 134 cm³/mol. The molecule has 0 aromatic heterocycles. The van der Waals surface area contributed by atoms with Crippen molar-refractivity contribution in [3.05, 3.63) is 100 Å². The van der Waals surface area contributed by atoms with E-state index in [1.165, 1.54) is 31.4 Å². The molecule has 4 nitrogen and oxygen atoms in total. The second-order valence-corrected chi connectivity index (χ2v) is 9.94. The molecule has 2 aliphatic rings. The average molecular weight is 510 g/mol. The third-order valence-electron chi connectivity index (χ3n) is 7.38. The molecule has 0 N–H and O–H groups in total. The van der Waals surface area contributed by atoms with E-state index < -0.39 is 11.8 Å². The topological polar surface area (TPSA) is 38.8 Å². The molecule has 1 saturated heterocycles. The van der Waals surface area contributed by atoms with Gasteiger partial charge in [-0.15, -0.1) is 0 Å². The third kappa shape index (κ3) is 5.82. The summed E-state index contributed by atoms with van der Waals surface area (Å²) in [6, 6.07) is 16.0. The van der Waals surface area contributed by atoms with Crippen LogP contribution >= 0.6 is 0 Å². The summed E-state index contributed by atoms with van der Waals surface area (Å²) in [6.07, 6.45) is 3.69. The molecule has 1 saturated carbocycles. The van der Waals surface area contributed by atoms with Gasteiger partial charge in [-0.05, 0) is 104 Å². The molecule has 1 aliphatic heterocycles. The minimum absolute atomic E-state index is 0.0850. The molecular weight excluding hydrogens is 479 g/mol. The molecule has 1 heterocycles. The summed E-state index contributed by atoms with van der Waals surface area (Å²) >= 11 is 0. The summed E-state index contributed by atoms with van der Waals surface area (Å²) in [6.45, 7) is 1.86. The fraction of sp³-hybridized carbons (Fsp3) is 0.367. The SMILES string of the molecule is COC(=O)c1cc(C2CC2)cc(OCC2CCN(C(c3ccc(F)cc3)c3ccc(F)cc3)CC2)c1F. The number of methoxy groups -OCH3 is 1. The number of hydrogen-bond donors (Lipinski definition) is 0. The lowest BCUT2D eigenvalue weighted by molar-refractivity contribution is 0.0593. The molecule has 0 bridgehead atoms. The zero-order chi connectivity index (χ0) is 25.9. The summed E-state index contributed by atoms with van der Waals surface area (Å²) < 4.78 is 52.9. The Morgan fingerprint density at radius 1 is 0.892 bits per heavy atom. The van der Waals surface area contributed by atoms with Crippen molar-refractivity contribution in [2.75, 3.05) is 26.8 Å². The predicted octanol–water partition coefficient (Wildman–Crippen LogP) is 6.65. The third-order valence-corrected chi connectivity index (χ3v) is 7.38. The number of hydrogen-bond acceptors (Lipinski definition) is 4. The van der Waals surface area contributed by atoms with Crippen LogP contribution in [0.5, 0.6) is 5.75 Å². The Bertz CT molecular complexity index is 1190. The normalized spacial score (nSPS) is 16.7. The minimum Gasteiger partial charge on any atom is -0.490 e. The van der Waals surface area contributed by atoms with Crippen LogP contribution in [-0.4, -0.2) is 37.7 Å². The first-order chi connectivity index (χ1) is 17.9. The molecule has 2 fully saturated rings. The molecule has 0 spiro atoms. The van der Waals surface area contributed by atoms with Gasteiger partial charge in [-0.1, -0.05) is 24.3 Å². The Hall–Kier alpha value is -3.32. The van der Waals surface area contributed by atoms with Gasteiger partial charge in [0.15, 0.2) is 11.6 Å². The Morgan fingerprint density at radius 3 is 1.97 bits per heavy atom. The second-order valence-electron chi connectivity index (χ2n) is 9.94. The monoisotopic (exact) mass is 509 g/mol. The van der Waals surface area contributed by atoms with Crippen LogP contribution in [0.3, 0.4) is 0 Å². The quantitative estimate of drug-likeness (QED) is 0.319. The maximum absolute atomic E-state index is 15.0. The smallest absolute Gasteiger partial charge is 0.341 e. The van der Waals surface area contributed by atoms with E-state index in [4.69, 9.17) is 9.47 Å². The van der Waals surface area contributed by atoms with Gasteiger partial charge >= 0.3 is 5.97 Å². The molecule has 5 rings (SSSR count). The van der Waals surface area contributed by atoms with Crippen LogP contribution in [0, 0.1) is 23.4 Å². The van der Waals surface area contributed by atoms with E-state index >= 15 is 4.39 Å². The fourth-order valence-corrected chi connectivity index (χ4v) is 5.12. The highest BCUT2D eigenvalue weighted by Crippen LogP contribution is 2.42. The molecule has 7 heteroatoms. The van der Waals surface area contributed by atoms with E-state index in [1.807, 2.05) is 0 Å². The van der Waals surface area contributed by atoms with Crippen LogP contribution in [-0.2, 0) is 4.74 Å². The lowest BCUT2D eigenvalue weighted by atomic mass is 9.91. The van der Waals surface area contributed by atoms with E-state index in [2.05, 4.69) is 4.90 Å². The van der Waals surface area contributed by atoms with E-state index in [0.29, 0.717) is 12.5 Å². The maximum atomic E-state index is 15.0. The van der Waals surface area contributed by atoms with Crippen molar-refractivity contribution < 1.29 is 27.4 Å². The van der Waals surface area contributed by atoms with Crippen LogP contribution < -0.4 is 4.74 Å². The van der Waals surface area contributed by atoms with Gasteiger partial charge in [0, 0.05) is 0 Å². The van der Waals surface area contributed by atoms with Crippen LogP contribution in [0.4, 0.5) is 13.2 Å². The van der Waals surface area contributed by atoms with Crippen molar-refractivity contribution in [1.82, 2.24) is 4.90 Å². The average Bonchev–Trinajstić information content (AvgIpc) is 3.76. The first-order valence-electron chi connectivity index (χ1n) is 12.7. The number of rotatable bonds is 8. The van der Waals surface area contributed by atoms with Gasteiger partial charge in [0.05, 0.1) is 25.3 Å². The van der Waals surface area contributed by atoms with Crippen molar-refractivity contribution in [2.45, 2.75) is 37.6 Å². The van der Waals surface area contributed by atoms with Gasteiger partial charge in [0.25, 0.3) is 0 Å². The highest BCUT2D eigenvalue weighted by Gasteiger charge is 2.30. The number of halogens is 3.